The lowest BCUT2D eigenvalue weighted by molar-refractivity contribution is -0.118. The van der Waals surface area contributed by atoms with Crippen LogP contribution in [0.4, 0.5) is 11.4 Å². The molecule has 1 aliphatic heterocycles. The normalized spacial score (nSPS) is 15.4. The highest BCUT2D eigenvalue weighted by atomic mass is 32.2. The van der Waals surface area contributed by atoms with E-state index in [9.17, 15) is 9.59 Å². The van der Waals surface area contributed by atoms with Crippen molar-refractivity contribution < 1.29 is 18.7 Å². The molecule has 2 aromatic carbocycles. The van der Waals surface area contributed by atoms with Gasteiger partial charge < -0.3 is 19.8 Å². The molecule has 0 saturated carbocycles. The van der Waals surface area contributed by atoms with E-state index in [0.29, 0.717) is 17.2 Å². The molecule has 0 spiro atoms. The predicted octanol–water partition coefficient (Wildman–Crippen LogP) is 4.37. The number of carbonyl (C=O) groups is 2. The van der Waals surface area contributed by atoms with Crippen molar-refractivity contribution in [2.45, 2.75) is 30.6 Å². The second-order valence-corrected chi connectivity index (χ2v) is 8.27. The molecule has 2 heterocycles. The van der Waals surface area contributed by atoms with E-state index < -0.39 is 0 Å². The summed E-state index contributed by atoms with van der Waals surface area (Å²) in [6.45, 7) is -0.0935. The van der Waals surface area contributed by atoms with Gasteiger partial charge in [0, 0.05) is 28.0 Å². The Bertz CT molecular complexity index is 1120. The average Bonchev–Trinajstić information content (AvgIpc) is 3.10. The lowest BCUT2D eigenvalue weighted by atomic mass is 9.96. The lowest BCUT2D eigenvalue weighted by Crippen LogP contribution is -2.21. The maximum atomic E-state index is 12.3. The Balaban J connectivity index is 1.25. The number of ether oxygens (including phenoxy) is 1. The Morgan fingerprint density at radius 3 is 3.00 bits per heavy atom. The van der Waals surface area contributed by atoms with Crippen LogP contribution in [0.5, 0.6) is 5.75 Å². The summed E-state index contributed by atoms with van der Waals surface area (Å²) in [7, 11) is 0. The largest absolute Gasteiger partial charge is 0.484 e. The van der Waals surface area contributed by atoms with E-state index in [1.165, 1.54) is 30.2 Å². The molecule has 0 bridgehead atoms. The first-order valence-corrected chi connectivity index (χ1v) is 10.7. The van der Waals surface area contributed by atoms with E-state index in [1.54, 1.807) is 6.07 Å². The molecule has 5 rings (SSSR count). The molecule has 0 radical (unpaired) electrons. The summed E-state index contributed by atoms with van der Waals surface area (Å²) in [5.74, 6) is 1.85. The summed E-state index contributed by atoms with van der Waals surface area (Å²) in [5.41, 5.74) is 3.50. The van der Waals surface area contributed by atoms with Gasteiger partial charge in [-0.15, -0.1) is 11.8 Å². The van der Waals surface area contributed by atoms with Crippen LogP contribution in [0.15, 0.2) is 45.7 Å². The van der Waals surface area contributed by atoms with Gasteiger partial charge in [0.1, 0.15) is 17.1 Å². The Hall–Kier alpha value is -2.93. The average molecular weight is 408 g/mol. The fraction of sp³-hybridized carbons (Fsp3) is 0.273. The van der Waals surface area contributed by atoms with Crippen molar-refractivity contribution in [2.75, 3.05) is 23.0 Å². The molecular formula is C22H20N2O4S. The number of furan rings is 1. The lowest BCUT2D eigenvalue weighted by Gasteiger charge is -2.17. The molecule has 148 valence electrons. The number of hydrogen-bond donors (Lipinski definition) is 2. The molecule has 2 aliphatic rings. The van der Waals surface area contributed by atoms with Gasteiger partial charge >= 0.3 is 0 Å². The van der Waals surface area contributed by atoms with Crippen molar-refractivity contribution in [1.29, 1.82) is 0 Å². The van der Waals surface area contributed by atoms with Crippen molar-refractivity contribution in [3.8, 4) is 5.75 Å². The van der Waals surface area contributed by atoms with Gasteiger partial charge in [-0.25, -0.2) is 0 Å². The number of nitrogens with one attached hydrogen (secondary N) is 2. The minimum absolute atomic E-state index is 0.0360. The fourth-order valence-corrected chi connectivity index (χ4v) is 4.63. The summed E-state index contributed by atoms with van der Waals surface area (Å²) < 4.78 is 11.6. The molecule has 2 amide bonds. The summed E-state index contributed by atoms with van der Waals surface area (Å²) in [6, 6.07) is 11.2. The Morgan fingerprint density at radius 2 is 2.07 bits per heavy atom. The zero-order valence-corrected chi connectivity index (χ0v) is 16.6. The van der Waals surface area contributed by atoms with Crippen molar-refractivity contribution in [2.24, 2.45) is 0 Å². The number of thioether (sulfide) groups is 1. The van der Waals surface area contributed by atoms with Crippen LogP contribution in [0, 0.1) is 0 Å². The van der Waals surface area contributed by atoms with E-state index in [4.69, 9.17) is 9.15 Å². The third-order valence-corrected chi connectivity index (χ3v) is 6.27. The maximum absolute atomic E-state index is 12.3. The molecule has 29 heavy (non-hydrogen) atoms. The van der Waals surface area contributed by atoms with Crippen molar-refractivity contribution >= 4 is 45.9 Å². The third kappa shape index (κ3) is 3.70. The van der Waals surface area contributed by atoms with E-state index in [1.807, 2.05) is 30.3 Å². The first-order chi connectivity index (χ1) is 14.2. The van der Waals surface area contributed by atoms with Crippen LogP contribution in [0.2, 0.25) is 0 Å². The molecule has 0 fully saturated rings. The van der Waals surface area contributed by atoms with Gasteiger partial charge in [-0.3, -0.25) is 9.59 Å². The first-order valence-electron chi connectivity index (χ1n) is 9.69. The number of amides is 2. The van der Waals surface area contributed by atoms with Crippen LogP contribution in [0.25, 0.3) is 11.0 Å². The van der Waals surface area contributed by atoms with Crippen molar-refractivity contribution in [1.82, 2.24) is 0 Å². The number of aryl methyl sites for hydroxylation is 2. The van der Waals surface area contributed by atoms with Crippen LogP contribution in [-0.2, 0) is 22.4 Å². The van der Waals surface area contributed by atoms with Crippen LogP contribution in [0.1, 0.15) is 24.2 Å². The topological polar surface area (TPSA) is 80.6 Å². The Kier molecular flexibility index (Phi) is 4.67. The van der Waals surface area contributed by atoms with Crippen LogP contribution >= 0.6 is 11.8 Å². The Labute approximate surface area is 172 Å². The minimum atomic E-state index is -0.256. The van der Waals surface area contributed by atoms with Gasteiger partial charge in [0.25, 0.3) is 5.91 Å². The second kappa shape index (κ2) is 7.48. The second-order valence-electron chi connectivity index (χ2n) is 7.25. The monoisotopic (exact) mass is 408 g/mol. The zero-order chi connectivity index (χ0) is 19.8. The van der Waals surface area contributed by atoms with Gasteiger partial charge in [0.2, 0.25) is 5.91 Å². The highest BCUT2D eigenvalue weighted by Crippen LogP contribution is 2.35. The van der Waals surface area contributed by atoms with Crippen LogP contribution in [0.3, 0.4) is 0 Å². The SMILES string of the molecule is O=C(COc1ccc2oc3c(c2c1)CCCC3)Nc1ccc2c(c1)NC(=O)CS2. The zero-order valence-electron chi connectivity index (χ0n) is 15.7. The quantitative estimate of drug-likeness (QED) is 0.670. The molecule has 0 atom stereocenters. The number of fused-ring (bicyclic) bond motifs is 4. The molecule has 1 aromatic heterocycles. The molecule has 2 N–H and O–H groups in total. The molecule has 1 aliphatic carbocycles. The number of rotatable bonds is 4. The van der Waals surface area contributed by atoms with Gasteiger partial charge in [-0.1, -0.05) is 0 Å². The predicted molar refractivity (Wildman–Crippen MR) is 113 cm³/mol. The summed E-state index contributed by atoms with van der Waals surface area (Å²) in [4.78, 5) is 24.8. The highest BCUT2D eigenvalue weighted by molar-refractivity contribution is 8.00. The maximum Gasteiger partial charge on any atom is 0.262 e. The smallest absolute Gasteiger partial charge is 0.262 e. The molecule has 7 heteroatoms. The van der Waals surface area contributed by atoms with Crippen molar-refractivity contribution in [3.63, 3.8) is 0 Å². The standard InChI is InChI=1S/C22H20N2O4S/c25-21(23-13-5-8-20-17(9-13)24-22(26)12-29-20)11-27-14-6-7-19-16(10-14)15-3-1-2-4-18(15)28-19/h5-10H,1-4,11-12H2,(H,23,25)(H,24,26). The van der Waals surface area contributed by atoms with Gasteiger partial charge in [-0.05, 0) is 55.7 Å². The van der Waals surface area contributed by atoms with Crippen molar-refractivity contribution in [3.05, 3.63) is 47.7 Å². The molecule has 0 saturated heterocycles. The molecule has 6 nitrogen and oxygen atoms in total. The summed E-state index contributed by atoms with van der Waals surface area (Å²) in [5, 5.41) is 6.72. The van der Waals surface area contributed by atoms with Gasteiger partial charge in [0.15, 0.2) is 6.61 Å². The first kappa shape index (κ1) is 18.1. The van der Waals surface area contributed by atoms with Gasteiger partial charge in [0.05, 0.1) is 11.4 Å². The molecular weight excluding hydrogens is 388 g/mol. The van der Waals surface area contributed by atoms with E-state index in [-0.39, 0.29) is 18.4 Å². The number of anilines is 2. The molecule has 3 aromatic rings. The third-order valence-electron chi connectivity index (χ3n) is 5.19. The summed E-state index contributed by atoms with van der Waals surface area (Å²) >= 11 is 1.49. The van der Waals surface area contributed by atoms with E-state index in [2.05, 4.69) is 10.6 Å². The minimum Gasteiger partial charge on any atom is -0.484 e. The van der Waals surface area contributed by atoms with E-state index >= 15 is 0 Å². The highest BCUT2D eigenvalue weighted by Gasteiger charge is 2.19. The fourth-order valence-electron chi connectivity index (χ4n) is 3.84. The molecule has 0 unspecified atom stereocenters. The number of hydrogen-bond acceptors (Lipinski definition) is 5. The Morgan fingerprint density at radius 1 is 1.17 bits per heavy atom. The van der Waals surface area contributed by atoms with E-state index in [0.717, 1.165) is 40.2 Å². The van der Waals surface area contributed by atoms with Gasteiger partial charge in [-0.2, -0.15) is 0 Å². The van der Waals surface area contributed by atoms with Crippen LogP contribution < -0.4 is 15.4 Å². The number of carbonyl (C=O) groups excluding carboxylic acids is 2. The van der Waals surface area contributed by atoms with Crippen LogP contribution in [-0.4, -0.2) is 24.2 Å². The summed E-state index contributed by atoms with van der Waals surface area (Å²) in [6.07, 6.45) is 4.36. The number of benzene rings is 2.